The molecular weight excluding hydrogens is 390 g/mol. The van der Waals surface area contributed by atoms with Crippen LogP contribution in [0.5, 0.6) is 0 Å². The van der Waals surface area contributed by atoms with Gasteiger partial charge >= 0.3 is 0 Å². The predicted molar refractivity (Wildman–Crippen MR) is 111 cm³/mol. The number of carboxylic acids is 1. The van der Waals surface area contributed by atoms with Crippen molar-refractivity contribution in [3.8, 4) is 0 Å². The molecule has 0 aliphatic carbocycles. The molecule has 0 radical (unpaired) electrons. The lowest BCUT2D eigenvalue weighted by Gasteiger charge is -2.14. The van der Waals surface area contributed by atoms with Crippen molar-refractivity contribution < 1.29 is 19.5 Å². The van der Waals surface area contributed by atoms with Crippen LogP contribution >= 0.6 is 11.8 Å². The van der Waals surface area contributed by atoms with E-state index < -0.39 is 11.2 Å². The van der Waals surface area contributed by atoms with E-state index in [2.05, 4.69) is 16.9 Å². The largest absolute Gasteiger partial charge is 0.545 e. The lowest BCUT2D eigenvalue weighted by atomic mass is 10.2. The van der Waals surface area contributed by atoms with Gasteiger partial charge in [0, 0.05) is 24.2 Å². The van der Waals surface area contributed by atoms with Crippen molar-refractivity contribution >= 4 is 46.1 Å². The number of amidine groups is 1. The third-order valence-electron chi connectivity index (χ3n) is 4.10. The number of thioether (sulfide) groups is 1. The molecule has 0 bridgehead atoms. The number of benzene rings is 2. The van der Waals surface area contributed by atoms with Crippen LogP contribution < -0.4 is 10.4 Å². The van der Waals surface area contributed by atoms with Crippen LogP contribution in [0.3, 0.4) is 0 Å². The lowest BCUT2D eigenvalue weighted by Crippen LogP contribution is -2.33. The number of nitrogens with one attached hydrogen (secondary N) is 1. The first-order valence-corrected chi connectivity index (χ1v) is 9.70. The quantitative estimate of drug-likeness (QED) is 0.708. The van der Waals surface area contributed by atoms with Crippen LogP contribution in [0.15, 0.2) is 72.2 Å². The van der Waals surface area contributed by atoms with Gasteiger partial charge in [-0.15, -0.1) is 6.58 Å². The van der Waals surface area contributed by atoms with E-state index in [9.17, 15) is 19.5 Å². The molecule has 29 heavy (non-hydrogen) atoms. The van der Waals surface area contributed by atoms with Crippen LogP contribution in [0, 0.1) is 0 Å². The van der Waals surface area contributed by atoms with Gasteiger partial charge in [-0.1, -0.05) is 54.2 Å². The van der Waals surface area contributed by atoms with Gasteiger partial charge in [-0.2, -0.15) is 0 Å². The van der Waals surface area contributed by atoms with Gasteiger partial charge < -0.3 is 15.2 Å². The predicted octanol–water partition coefficient (Wildman–Crippen LogP) is 2.20. The third kappa shape index (κ3) is 4.91. The van der Waals surface area contributed by atoms with E-state index in [-0.39, 0.29) is 36.0 Å². The number of hydrogen-bond acceptors (Lipinski definition) is 6. The number of rotatable bonds is 7. The van der Waals surface area contributed by atoms with Gasteiger partial charge in [0.2, 0.25) is 11.8 Å². The molecule has 1 aliphatic rings. The van der Waals surface area contributed by atoms with Crippen LogP contribution in [0.25, 0.3) is 0 Å². The summed E-state index contributed by atoms with van der Waals surface area (Å²) in [5.74, 6) is -1.92. The molecule has 0 aromatic heterocycles. The van der Waals surface area contributed by atoms with Gasteiger partial charge in [-0.05, 0) is 18.2 Å². The molecule has 0 unspecified atom stereocenters. The summed E-state index contributed by atoms with van der Waals surface area (Å²) in [6.07, 6.45) is 1.51. The molecule has 1 N–H and O–H groups in total. The number of carbonyl (C=O) groups is 3. The van der Waals surface area contributed by atoms with Crippen molar-refractivity contribution in [2.24, 2.45) is 4.99 Å². The molecule has 1 aliphatic heterocycles. The minimum Gasteiger partial charge on any atom is -0.545 e. The summed E-state index contributed by atoms with van der Waals surface area (Å²) in [4.78, 5) is 42.2. The number of carbonyl (C=O) groups excluding carboxylic acids is 3. The molecule has 0 spiro atoms. The van der Waals surface area contributed by atoms with Gasteiger partial charge in [-0.3, -0.25) is 14.5 Å². The fraction of sp³-hybridized carbons (Fsp3) is 0.143. The number of hydrogen-bond donors (Lipinski definition) is 1. The highest BCUT2D eigenvalue weighted by atomic mass is 32.2. The molecule has 2 amide bonds. The number of aliphatic imine (C=N–C) groups is 1. The van der Waals surface area contributed by atoms with Gasteiger partial charge in [0.05, 0.1) is 11.7 Å². The Morgan fingerprint density at radius 1 is 1.17 bits per heavy atom. The highest BCUT2D eigenvalue weighted by Gasteiger charge is 2.38. The highest BCUT2D eigenvalue weighted by Crippen LogP contribution is 2.32. The van der Waals surface area contributed by atoms with Crippen molar-refractivity contribution in [1.82, 2.24) is 4.90 Å². The summed E-state index contributed by atoms with van der Waals surface area (Å²) in [6, 6.07) is 15.1. The molecule has 1 saturated heterocycles. The van der Waals surface area contributed by atoms with Crippen molar-refractivity contribution in [1.29, 1.82) is 0 Å². The smallest absolute Gasteiger partial charge is 0.242 e. The molecule has 0 saturated carbocycles. The minimum absolute atomic E-state index is 0.0345. The number of amides is 2. The fourth-order valence-corrected chi connectivity index (χ4v) is 3.93. The molecule has 1 heterocycles. The van der Waals surface area contributed by atoms with Crippen LogP contribution in [0.4, 0.5) is 11.4 Å². The number of anilines is 1. The van der Waals surface area contributed by atoms with E-state index in [0.717, 1.165) is 11.8 Å². The van der Waals surface area contributed by atoms with Crippen LogP contribution in [-0.2, 0) is 9.59 Å². The van der Waals surface area contributed by atoms with Gasteiger partial charge in [-0.25, -0.2) is 4.99 Å². The van der Waals surface area contributed by atoms with E-state index in [1.165, 1.54) is 17.0 Å². The topological polar surface area (TPSA) is 102 Å². The van der Waals surface area contributed by atoms with Crippen LogP contribution in [0.2, 0.25) is 0 Å². The first-order valence-electron chi connectivity index (χ1n) is 8.82. The fourth-order valence-electron chi connectivity index (χ4n) is 2.77. The molecule has 7 nitrogen and oxygen atoms in total. The zero-order chi connectivity index (χ0) is 20.8. The average molecular weight is 408 g/mol. The average Bonchev–Trinajstić information content (AvgIpc) is 2.98. The number of aromatic carboxylic acids is 1. The maximum Gasteiger partial charge on any atom is 0.242 e. The monoisotopic (exact) mass is 408 g/mol. The summed E-state index contributed by atoms with van der Waals surface area (Å²) in [5.41, 5.74) is 0.760. The lowest BCUT2D eigenvalue weighted by molar-refractivity contribution is -0.254. The van der Waals surface area contributed by atoms with Crippen LogP contribution in [-0.4, -0.2) is 39.6 Å². The number of nitrogens with zero attached hydrogens (tertiary/aromatic N) is 2. The molecule has 3 rings (SSSR count). The molecule has 8 heteroatoms. The van der Waals surface area contributed by atoms with Gasteiger partial charge in [0.15, 0.2) is 5.17 Å². The van der Waals surface area contributed by atoms with Crippen molar-refractivity contribution in [3.05, 3.63) is 72.8 Å². The zero-order valence-electron chi connectivity index (χ0n) is 15.4. The minimum atomic E-state index is -1.35. The van der Waals surface area contributed by atoms with Crippen molar-refractivity contribution in [3.63, 3.8) is 0 Å². The Labute approximate surface area is 172 Å². The van der Waals surface area contributed by atoms with E-state index >= 15 is 0 Å². The maximum absolute atomic E-state index is 12.8. The summed E-state index contributed by atoms with van der Waals surface area (Å²) >= 11 is 1.13. The van der Waals surface area contributed by atoms with Gasteiger partial charge in [0.1, 0.15) is 5.25 Å². The number of para-hydroxylation sites is 2. The zero-order valence-corrected chi connectivity index (χ0v) is 16.2. The van der Waals surface area contributed by atoms with E-state index in [0.29, 0.717) is 10.9 Å². The summed E-state index contributed by atoms with van der Waals surface area (Å²) in [6.45, 7) is 3.85. The molecule has 2 aromatic carbocycles. The molecular formula is C21H18N3O4S-. The Morgan fingerprint density at radius 2 is 1.86 bits per heavy atom. The summed E-state index contributed by atoms with van der Waals surface area (Å²) in [5, 5.41) is 13.7. The summed E-state index contributed by atoms with van der Waals surface area (Å²) in [7, 11) is 0. The second-order valence-electron chi connectivity index (χ2n) is 6.16. The van der Waals surface area contributed by atoms with Crippen molar-refractivity contribution in [2.45, 2.75) is 11.7 Å². The highest BCUT2D eigenvalue weighted by molar-refractivity contribution is 8.15. The van der Waals surface area contributed by atoms with E-state index in [4.69, 9.17) is 0 Å². The maximum atomic E-state index is 12.8. The van der Waals surface area contributed by atoms with Gasteiger partial charge in [0.25, 0.3) is 0 Å². The van der Waals surface area contributed by atoms with E-state index in [1.54, 1.807) is 42.5 Å². The molecule has 1 fully saturated rings. The third-order valence-corrected chi connectivity index (χ3v) is 5.28. The van der Waals surface area contributed by atoms with Crippen LogP contribution in [0.1, 0.15) is 16.8 Å². The normalized spacial score (nSPS) is 17.4. The first-order chi connectivity index (χ1) is 14.0. The Morgan fingerprint density at radius 3 is 2.55 bits per heavy atom. The Balaban J connectivity index is 1.80. The van der Waals surface area contributed by atoms with E-state index in [1.807, 2.05) is 6.07 Å². The molecule has 1 atom stereocenters. The standard InChI is InChI=1S/C21H19N3O4S/c1-2-12-24-19(26)17(13-18(25)22-14-8-4-3-5-9-14)29-21(24)23-16-11-7-6-10-15(16)20(27)28/h2-11,17H,1,12-13H2,(H,22,25)(H,27,28)/p-1/t17-/m1/s1. The second-order valence-corrected chi connectivity index (χ2v) is 7.33. The second kappa shape index (κ2) is 9.20. The first kappa shape index (κ1) is 20.3. The SMILES string of the molecule is C=CCN1C(=O)[C@@H](CC(=O)Nc2ccccc2)SC1=Nc1ccccc1C(=O)[O-]. The molecule has 148 valence electrons. The summed E-state index contributed by atoms with van der Waals surface area (Å²) < 4.78 is 0. The number of carboxylic acid groups (broad SMARTS) is 1. The Hall–Kier alpha value is -3.39. The Bertz CT molecular complexity index is 975. The van der Waals surface area contributed by atoms with Crippen molar-refractivity contribution in [2.75, 3.05) is 11.9 Å². The molecule has 2 aromatic rings. The Kier molecular flexibility index (Phi) is 6.46.